The average molecular weight is 327 g/mol. The van der Waals surface area contributed by atoms with Crippen LogP contribution < -0.4 is 5.32 Å². The predicted molar refractivity (Wildman–Crippen MR) is 87.3 cm³/mol. The van der Waals surface area contributed by atoms with Crippen LogP contribution in [0.3, 0.4) is 0 Å². The van der Waals surface area contributed by atoms with E-state index in [2.05, 4.69) is 20.4 Å². The van der Waals surface area contributed by atoms with Crippen LogP contribution in [0.25, 0.3) is 0 Å². The summed E-state index contributed by atoms with van der Waals surface area (Å²) < 4.78 is 7.70. The highest BCUT2D eigenvalue weighted by molar-refractivity contribution is 5.92. The van der Waals surface area contributed by atoms with E-state index in [0.29, 0.717) is 24.6 Å². The monoisotopic (exact) mass is 327 g/mol. The summed E-state index contributed by atoms with van der Waals surface area (Å²) >= 11 is 0. The number of nitrogens with zero attached hydrogens (tertiary/aromatic N) is 4. The highest BCUT2D eigenvalue weighted by Gasteiger charge is 2.37. The summed E-state index contributed by atoms with van der Waals surface area (Å²) in [6.45, 7) is 3.36. The van der Waals surface area contributed by atoms with Gasteiger partial charge in [0.15, 0.2) is 0 Å². The fourth-order valence-corrected chi connectivity index (χ4v) is 3.19. The molecule has 0 aromatic carbocycles. The van der Waals surface area contributed by atoms with Crippen molar-refractivity contribution in [1.82, 2.24) is 19.7 Å². The van der Waals surface area contributed by atoms with E-state index in [1.54, 1.807) is 18.6 Å². The molecule has 0 bridgehead atoms. The summed E-state index contributed by atoms with van der Waals surface area (Å²) in [5, 5.41) is 7.20. The Morgan fingerprint density at radius 3 is 2.83 bits per heavy atom. The molecular weight excluding hydrogens is 306 g/mol. The maximum absolute atomic E-state index is 12.7. The number of carbonyl (C=O) groups is 1. The Kier molecular flexibility index (Phi) is 4.02. The quantitative estimate of drug-likeness (QED) is 0.911. The maximum Gasteiger partial charge on any atom is 0.230 e. The standard InChI is InChI=1S/C17H21N5O2/c1-2-22-14(5-7-20-22)15-13(6-8-24-15)17(23)21-12-9-18-16(19-10-12)11-3-4-11/h5,7,9-11,13,15H,2-4,6,8H2,1H3,(H,21,23)/t13-,15-/m1/s1. The second-order valence-corrected chi connectivity index (χ2v) is 6.35. The molecule has 2 fully saturated rings. The van der Waals surface area contributed by atoms with Crippen molar-refractivity contribution in [3.05, 3.63) is 36.2 Å². The van der Waals surface area contributed by atoms with Gasteiger partial charge in [-0.25, -0.2) is 9.97 Å². The van der Waals surface area contributed by atoms with Crippen LogP contribution >= 0.6 is 0 Å². The first-order valence-corrected chi connectivity index (χ1v) is 8.52. The van der Waals surface area contributed by atoms with Crippen molar-refractivity contribution in [2.24, 2.45) is 5.92 Å². The molecule has 2 aliphatic rings. The molecule has 1 saturated heterocycles. The first kappa shape index (κ1) is 15.3. The zero-order valence-corrected chi connectivity index (χ0v) is 13.7. The lowest BCUT2D eigenvalue weighted by Crippen LogP contribution is -2.26. The Labute approximate surface area is 140 Å². The van der Waals surface area contributed by atoms with Crippen LogP contribution in [-0.2, 0) is 16.1 Å². The number of hydrogen-bond donors (Lipinski definition) is 1. The molecule has 4 rings (SSSR count). The van der Waals surface area contributed by atoms with Gasteiger partial charge in [-0.05, 0) is 32.3 Å². The van der Waals surface area contributed by atoms with Crippen LogP contribution in [0.1, 0.15) is 49.7 Å². The molecule has 2 atom stereocenters. The Morgan fingerprint density at radius 1 is 1.33 bits per heavy atom. The topological polar surface area (TPSA) is 81.9 Å². The molecule has 0 spiro atoms. The van der Waals surface area contributed by atoms with E-state index >= 15 is 0 Å². The van der Waals surface area contributed by atoms with E-state index in [-0.39, 0.29) is 17.9 Å². The van der Waals surface area contributed by atoms with Crippen molar-refractivity contribution >= 4 is 11.6 Å². The zero-order valence-electron chi connectivity index (χ0n) is 13.7. The van der Waals surface area contributed by atoms with Gasteiger partial charge >= 0.3 is 0 Å². The van der Waals surface area contributed by atoms with E-state index in [4.69, 9.17) is 4.74 Å². The van der Waals surface area contributed by atoms with Crippen LogP contribution in [0.4, 0.5) is 5.69 Å². The van der Waals surface area contributed by atoms with Crippen molar-refractivity contribution in [3.63, 3.8) is 0 Å². The van der Waals surface area contributed by atoms with Crippen molar-refractivity contribution in [2.75, 3.05) is 11.9 Å². The SMILES string of the molecule is CCn1nccc1[C@@H]1OCC[C@H]1C(=O)Nc1cnc(C2CC2)nc1. The van der Waals surface area contributed by atoms with E-state index in [0.717, 1.165) is 30.9 Å². The average Bonchev–Trinajstić information content (AvgIpc) is 3.15. The summed E-state index contributed by atoms with van der Waals surface area (Å²) in [5.41, 5.74) is 1.59. The summed E-state index contributed by atoms with van der Waals surface area (Å²) in [6.07, 6.45) is 7.92. The highest BCUT2D eigenvalue weighted by Crippen LogP contribution is 2.38. The largest absolute Gasteiger partial charge is 0.371 e. The van der Waals surface area contributed by atoms with Crippen LogP contribution in [0.5, 0.6) is 0 Å². The molecule has 0 unspecified atom stereocenters. The summed E-state index contributed by atoms with van der Waals surface area (Å²) in [5.74, 6) is 1.11. The van der Waals surface area contributed by atoms with Gasteiger partial charge in [0.2, 0.25) is 5.91 Å². The fraction of sp³-hybridized carbons (Fsp3) is 0.529. The second-order valence-electron chi connectivity index (χ2n) is 6.35. The number of amides is 1. The molecule has 3 heterocycles. The number of carbonyl (C=O) groups excluding carboxylic acids is 1. The van der Waals surface area contributed by atoms with Gasteiger partial charge in [-0.2, -0.15) is 5.10 Å². The fourth-order valence-electron chi connectivity index (χ4n) is 3.19. The third-order valence-electron chi connectivity index (χ3n) is 4.65. The molecule has 7 heteroatoms. The Bertz CT molecular complexity index is 723. The normalized spacial score (nSPS) is 23.4. The molecule has 2 aromatic rings. The van der Waals surface area contributed by atoms with Crippen molar-refractivity contribution in [2.45, 2.75) is 44.8 Å². The molecular formula is C17H21N5O2. The Hall–Kier alpha value is -2.28. The Morgan fingerprint density at radius 2 is 2.12 bits per heavy atom. The van der Waals surface area contributed by atoms with Gasteiger partial charge in [0.05, 0.1) is 29.7 Å². The molecule has 0 radical (unpaired) electrons. The number of aromatic nitrogens is 4. The maximum atomic E-state index is 12.7. The molecule has 1 aliphatic heterocycles. The van der Waals surface area contributed by atoms with Gasteiger partial charge in [-0.3, -0.25) is 9.48 Å². The van der Waals surface area contributed by atoms with Gasteiger partial charge < -0.3 is 10.1 Å². The lowest BCUT2D eigenvalue weighted by Gasteiger charge is -2.19. The van der Waals surface area contributed by atoms with Gasteiger partial charge in [0.1, 0.15) is 11.9 Å². The van der Waals surface area contributed by atoms with Crippen molar-refractivity contribution in [3.8, 4) is 0 Å². The van der Waals surface area contributed by atoms with Crippen molar-refractivity contribution < 1.29 is 9.53 Å². The third-order valence-corrected chi connectivity index (χ3v) is 4.65. The number of aryl methyl sites for hydroxylation is 1. The predicted octanol–water partition coefficient (Wildman–Crippen LogP) is 2.29. The molecule has 1 amide bonds. The van der Waals surface area contributed by atoms with Gasteiger partial charge in [-0.15, -0.1) is 0 Å². The molecule has 24 heavy (non-hydrogen) atoms. The molecule has 126 valence electrons. The van der Waals surface area contributed by atoms with E-state index in [1.807, 2.05) is 17.7 Å². The van der Waals surface area contributed by atoms with Gasteiger partial charge in [0, 0.05) is 25.3 Å². The van der Waals surface area contributed by atoms with Crippen LogP contribution in [0.2, 0.25) is 0 Å². The summed E-state index contributed by atoms with van der Waals surface area (Å²) in [4.78, 5) is 21.4. The van der Waals surface area contributed by atoms with E-state index in [1.165, 1.54) is 0 Å². The lowest BCUT2D eigenvalue weighted by molar-refractivity contribution is -0.121. The van der Waals surface area contributed by atoms with E-state index in [9.17, 15) is 4.79 Å². The third kappa shape index (κ3) is 2.91. The summed E-state index contributed by atoms with van der Waals surface area (Å²) in [7, 11) is 0. The minimum atomic E-state index is -0.251. The lowest BCUT2D eigenvalue weighted by atomic mass is 9.98. The molecule has 1 aliphatic carbocycles. The van der Waals surface area contributed by atoms with Crippen molar-refractivity contribution in [1.29, 1.82) is 0 Å². The number of nitrogens with one attached hydrogen (secondary N) is 1. The Balaban J connectivity index is 1.46. The molecule has 1 saturated carbocycles. The second kappa shape index (κ2) is 6.32. The minimum absolute atomic E-state index is 0.0517. The number of ether oxygens (including phenoxy) is 1. The minimum Gasteiger partial charge on any atom is -0.371 e. The van der Waals surface area contributed by atoms with Gasteiger partial charge in [-0.1, -0.05) is 0 Å². The molecule has 2 aromatic heterocycles. The van der Waals surface area contributed by atoms with Crippen LogP contribution in [0, 0.1) is 5.92 Å². The number of hydrogen-bond acceptors (Lipinski definition) is 5. The first-order chi connectivity index (χ1) is 11.8. The first-order valence-electron chi connectivity index (χ1n) is 8.52. The molecule has 1 N–H and O–H groups in total. The zero-order chi connectivity index (χ0) is 16.5. The summed E-state index contributed by atoms with van der Waals surface area (Å²) in [6, 6.07) is 1.92. The van der Waals surface area contributed by atoms with E-state index < -0.39 is 0 Å². The molecule has 7 nitrogen and oxygen atoms in total. The van der Waals surface area contributed by atoms with Crippen LogP contribution in [-0.4, -0.2) is 32.3 Å². The number of rotatable bonds is 5. The highest BCUT2D eigenvalue weighted by atomic mass is 16.5. The van der Waals surface area contributed by atoms with Gasteiger partial charge in [0.25, 0.3) is 0 Å². The number of anilines is 1. The van der Waals surface area contributed by atoms with Crippen LogP contribution in [0.15, 0.2) is 24.7 Å². The smallest absolute Gasteiger partial charge is 0.230 e.